The molecule has 0 fully saturated rings. The summed E-state index contributed by atoms with van der Waals surface area (Å²) >= 11 is 0. The first-order chi connectivity index (χ1) is 11.9. The van der Waals surface area contributed by atoms with Crippen LogP contribution in [0.1, 0.15) is 46.6 Å². The first-order valence-corrected chi connectivity index (χ1v) is 9.15. The molecule has 2 rings (SSSR count). The standard InChI is InChI=1S/C22H31NO2/c1-6-22(4,5)18-11-13-19(14-12-18)24-16-15-23-20-9-7-8-10-21(20)25-17(2)3/h7-14,17,23H,6,15-16H2,1-5H3. The third-order valence-corrected chi connectivity index (χ3v) is 4.46. The molecule has 0 aromatic heterocycles. The average Bonchev–Trinajstić information content (AvgIpc) is 2.60. The molecule has 0 spiro atoms. The Kier molecular flexibility index (Phi) is 6.74. The van der Waals surface area contributed by atoms with Crippen LogP contribution in [0.25, 0.3) is 0 Å². The molecule has 0 radical (unpaired) electrons. The summed E-state index contributed by atoms with van der Waals surface area (Å²) in [5.74, 6) is 1.79. The Hall–Kier alpha value is -2.16. The van der Waals surface area contributed by atoms with Crippen molar-refractivity contribution < 1.29 is 9.47 Å². The van der Waals surface area contributed by atoms with Crippen LogP contribution in [-0.4, -0.2) is 19.3 Å². The maximum Gasteiger partial charge on any atom is 0.142 e. The van der Waals surface area contributed by atoms with E-state index in [9.17, 15) is 0 Å². The minimum Gasteiger partial charge on any atom is -0.492 e. The van der Waals surface area contributed by atoms with E-state index in [4.69, 9.17) is 9.47 Å². The van der Waals surface area contributed by atoms with Crippen molar-refractivity contribution in [3.8, 4) is 11.5 Å². The molecule has 0 amide bonds. The number of hydrogen-bond acceptors (Lipinski definition) is 3. The predicted molar refractivity (Wildman–Crippen MR) is 106 cm³/mol. The van der Waals surface area contributed by atoms with Gasteiger partial charge in [-0.2, -0.15) is 0 Å². The van der Waals surface area contributed by atoms with E-state index in [2.05, 4.69) is 50.4 Å². The van der Waals surface area contributed by atoms with E-state index >= 15 is 0 Å². The first kappa shape index (κ1) is 19.2. The molecule has 0 heterocycles. The summed E-state index contributed by atoms with van der Waals surface area (Å²) in [6.45, 7) is 12.1. The Labute approximate surface area is 152 Å². The number of benzene rings is 2. The average molecular weight is 341 g/mol. The summed E-state index contributed by atoms with van der Waals surface area (Å²) < 4.78 is 11.7. The Morgan fingerprint density at radius 3 is 2.32 bits per heavy atom. The second-order valence-electron chi connectivity index (χ2n) is 7.20. The van der Waals surface area contributed by atoms with Gasteiger partial charge in [0.05, 0.1) is 11.8 Å². The molecule has 2 aromatic rings. The van der Waals surface area contributed by atoms with E-state index in [1.165, 1.54) is 5.56 Å². The van der Waals surface area contributed by atoms with Gasteiger partial charge >= 0.3 is 0 Å². The zero-order valence-corrected chi connectivity index (χ0v) is 16.1. The number of hydrogen-bond donors (Lipinski definition) is 1. The normalized spacial score (nSPS) is 11.4. The van der Waals surface area contributed by atoms with Crippen molar-refractivity contribution in [3.63, 3.8) is 0 Å². The molecule has 0 aliphatic rings. The Morgan fingerprint density at radius 1 is 1.00 bits per heavy atom. The number of anilines is 1. The summed E-state index contributed by atoms with van der Waals surface area (Å²) in [4.78, 5) is 0. The van der Waals surface area contributed by atoms with Gasteiger partial charge in [-0.25, -0.2) is 0 Å². The molecule has 25 heavy (non-hydrogen) atoms. The Bertz CT molecular complexity index is 647. The lowest BCUT2D eigenvalue weighted by Crippen LogP contribution is -2.15. The quantitative estimate of drug-likeness (QED) is 0.598. The van der Waals surface area contributed by atoms with E-state index in [0.29, 0.717) is 6.61 Å². The minimum atomic E-state index is 0.157. The molecule has 0 unspecified atom stereocenters. The van der Waals surface area contributed by atoms with Crippen LogP contribution in [-0.2, 0) is 5.41 Å². The summed E-state index contributed by atoms with van der Waals surface area (Å²) in [5.41, 5.74) is 2.56. The molecule has 2 aromatic carbocycles. The maximum atomic E-state index is 5.85. The van der Waals surface area contributed by atoms with E-state index in [-0.39, 0.29) is 11.5 Å². The van der Waals surface area contributed by atoms with E-state index in [1.54, 1.807) is 0 Å². The van der Waals surface area contributed by atoms with Gasteiger partial charge in [0.25, 0.3) is 0 Å². The molecule has 0 atom stereocenters. The van der Waals surface area contributed by atoms with Crippen LogP contribution >= 0.6 is 0 Å². The smallest absolute Gasteiger partial charge is 0.142 e. The summed E-state index contributed by atoms with van der Waals surface area (Å²) in [7, 11) is 0. The molecule has 0 aliphatic heterocycles. The monoisotopic (exact) mass is 341 g/mol. The fraction of sp³-hybridized carbons (Fsp3) is 0.455. The fourth-order valence-corrected chi connectivity index (χ4v) is 2.53. The van der Waals surface area contributed by atoms with Gasteiger partial charge in [-0.05, 0) is 55.5 Å². The van der Waals surface area contributed by atoms with Crippen molar-refractivity contribution in [3.05, 3.63) is 54.1 Å². The molecule has 3 nitrogen and oxygen atoms in total. The maximum absolute atomic E-state index is 5.85. The zero-order chi connectivity index (χ0) is 18.3. The highest BCUT2D eigenvalue weighted by Gasteiger charge is 2.17. The number of rotatable bonds is 9. The van der Waals surface area contributed by atoms with Crippen molar-refractivity contribution in [2.24, 2.45) is 0 Å². The third kappa shape index (κ3) is 5.70. The number of ether oxygens (including phenoxy) is 2. The van der Waals surface area contributed by atoms with Gasteiger partial charge in [0, 0.05) is 6.54 Å². The lowest BCUT2D eigenvalue weighted by atomic mass is 9.82. The van der Waals surface area contributed by atoms with Crippen molar-refractivity contribution in [1.29, 1.82) is 0 Å². The molecule has 3 heteroatoms. The molecule has 1 N–H and O–H groups in total. The van der Waals surface area contributed by atoms with Gasteiger partial charge in [0.2, 0.25) is 0 Å². The molecule has 0 bridgehead atoms. The van der Waals surface area contributed by atoms with Gasteiger partial charge in [-0.3, -0.25) is 0 Å². The van der Waals surface area contributed by atoms with E-state index in [0.717, 1.165) is 30.2 Å². The van der Waals surface area contributed by atoms with Crippen LogP contribution < -0.4 is 14.8 Å². The lowest BCUT2D eigenvalue weighted by molar-refractivity contribution is 0.243. The second-order valence-corrected chi connectivity index (χ2v) is 7.20. The van der Waals surface area contributed by atoms with Gasteiger partial charge in [0.15, 0.2) is 0 Å². The third-order valence-electron chi connectivity index (χ3n) is 4.46. The molecule has 0 aliphatic carbocycles. The fourth-order valence-electron chi connectivity index (χ4n) is 2.53. The van der Waals surface area contributed by atoms with Crippen LogP contribution in [0.2, 0.25) is 0 Å². The van der Waals surface area contributed by atoms with E-state index in [1.807, 2.05) is 38.1 Å². The lowest BCUT2D eigenvalue weighted by Gasteiger charge is -2.23. The number of para-hydroxylation sites is 2. The molecule has 136 valence electrons. The highest BCUT2D eigenvalue weighted by atomic mass is 16.5. The van der Waals surface area contributed by atoms with Crippen molar-refractivity contribution >= 4 is 5.69 Å². The van der Waals surface area contributed by atoms with E-state index < -0.39 is 0 Å². The van der Waals surface area contributed by atoms with Crippen molar-refractivity contribution in [2.45, 2.75) is 52.6 Å². The van der Waals surface area contributed by atoms with Crippen molar-refractivity contribution in [1.82, 2.24) is 0 Å². The van der Waals surface area contributed by atoms with Gasteiger partial charge in [0.1, 0.15) is 18.1 Å². The zero-order valence-electron chi connectivity index (χ0n) is 16.1. The molecular formula is C22H31NO2. The molecule has 0 saturated carbocycles. The highest BCUT2D eigenvalue weighted by Crippen LogP contribution is 2.28. The first-order valence-electron chi connectivity index (χ1n) is 9.15. The van der Waals surface area contributed by atoms with Crippen LogP contribution in [0, 0.1) is 0 Å². The largest absolute Gasteiger partial charge is 0.492 e. The SMILES string of the molecule is CCC(C)(C)c1ccc(OCCNc2ccccc2OC(C)C)cc1. The van der Waals surface area contributed by atoms with Gasteiger partial charge in [-0.1, -0.05) is 45.0 Å². The second kappa shape index (κ2) is 8.80. The summed E-state index contributed by atoms with van der Waals surface area (Å²) in [6, 6.07) is 16.4. The Morgan fingerprint density at radius 2 is 1.68 bits per heavy atom. The van der Waals surface area contributed by atoms with Gasteiger partial charge < -0.3 is 14.8 Å². The summed E-state index contributed by atoms with van der Waals surface area (Å²) in [5, 5.41) is 3.38. The van der Waals surface area contributed by atoms with Gasteiger partial charge in [-0.15, -0.1) is 0 Å². The molecular weight excluding hydrogens is 310 g/mol. The Balaban J connectivity index is 1.84. The van der Waals surface area contributed by atoms with Crippen LogP contribution in [0.5, 0.6) is 11.5 Å². The minimum absolute atomic E-state index is 0.157. The number of nitrogens with one attached hydrogen (secondary N) is 1. The highest BCUT2D eigenvalue weighted by molar-refractivity contribution is 5.56. The topological polar surface area (TPSA) is 30.5 Å². The van der Waals surface area contributed by atoms with Crippen LogP contribution in [0.15, 0.2) is 48.5 Å². The van der Waals surface area contributed by atoms with Crippen LogP contribution in [0.4, 0.5) is 5.69 Å². The molecule has 0 saturated heterocycles. The van der Waals surface area contributed by atoms with Crippen LogP contribution in [0.3, 0.4) is 0 Å². The van der Waals surface area contributed by atoms with Crippen molar-refractivity contribution in [2.75, 3.05) is 18.5 Å². The predicted octanol–water partition coefficient (Wildman–Crippen LogP) is 5.65. The summed E-state index contributed by atoms with van der Waals surface area (Å²) in [6.07, 6.45) is 1.28.